The van der Waals surface area contributed by atoms with Crippen molar-refractivity contribution in [2.24, 2.45) is 0 Å². The Labute approximate surface area is 115 Å². The SMILES string of the molecule is CCc1cc2c(=O)[nH]c(N3CCCNCC3)nc2s1. The molecule has 2 aromatic heterocycles. The smallest absolute Gasteiger partial charge is 0.261 e. The highest BCUT2D eigenvalue weighted by atomic mass is 32.1. The van der Waals surface area contributed by atoms with Crippen LogP contribution in [0.15, 0.2) is 10.9 Å². The van der Waals surface area contributed by atoms with Crippen molar-refractivity contribution in [3.05, 3.63) is 21.3 Å². The third-order valence-corrected chi connectivity index (χ3v) is 4.60. The van der Waals surface area contributed by atoms with Crippen molar-refractivity contribution in [2.75, 3.05) is 31.1 Å². The summed E-state index contributed by atoms with van der Waals surface area (Å²) < 4.78 is 0. The van der Waals surface area contributed by atoms with Crippen molar-refractivity contribution >= 4 is 27.5 Å². The van der Waals surface area contributed by atoms with Crippen LogP contribution in [0.4, 0.5) is 5.95 Å². The van der Waals surface area contributed by atoms with Gasteiger partial charge < -0.3 is 10.2 Å². The zero-order valence-electron chi connectivity index (χ0n) is 11.0. The maximum atomic E-state index is 12.1. The van der Waals surface area contributed by atoms with Gasteiger partial charge in [-0.25, -0.2) is 4.98 Å². The first-order valence-electron chi connectivity index (χ1n) is 6.76. The van der Waals surface area contributed by atoms with Crippen molar-refractivity contribution in [2.45, 2.75) is 19.8 Å². The van der Waals surface area contributed by atoms with E-state index in [-0.39, 0.29) is 5.56 Å². The summed E-state index contributed by atoms with van der Waals surface area (Å²) in [6, 6.07) is 1.96. The van der Waals surface area contributed by atoms with Gasteiger partial charge in [0.25, 0.3) is 5.56 Å². The fourth-order valence-corrected chi connectivity index (χ4v) is 3.31. The first-order chi connectivity index (χ1) is 9.28. The van der Waals surface area contributed by atoms with Crippen molar-refractivity contribution in [3.8, 4) is 0 Å². The normalized spacial score (nSPS) is 16.8. The van der Waals surface area contributed by atoms with Crippen LogP contribution in [0.3, 0.4) is 0 Å². The van der Waals surface area contributed by atoms with Gasteiger partial charge >= 0.3 is 0 Å². The number of nitrogens with zero attached hydrogens (tertiary/aromatic N) is 2. The predicted molar refractivity (Wildman–Crippen MR) is 79.3 cm³/mol. The molecule has 0 aromatic carbocycles. The molecule has 0 unspecified atom stereocenters. The van der Waals surface area contributed by atoms with E-state index >= 15 is 0 Å². The summed E-state index contributed by atoms with van der Waals surface area (Å²) in [5, 5.41) is 4.07. The number of hydrogen-bond donors (Lipinski definition) is 2. The molecule has 1 fully saturated rings. The van der Waals surface area contributed by atoms with Gasteiger partial charge in [0.05, 0.1) is 5.39 Å². The molecule has 1 saturated heterocycles. The molecule has 2 N–H and O–H groups in total. The van der Waals surface area contributed by atoms with Crippen LogP contribution in [-0.4, -0.2) is 36.1 Å². The number of H-pyrrole nitrogens is 1. The van der Waals surface area contributed by atoms with Gasteiger partial charge in [-0.15, -0.1) is 11.3 Å². The Kier molecular flexibility index (Phi) is 3.52. The number of rotatable bonds is 2. The summed E-state index contributed by atoms with van der Waals surface area (Å²) >= 11 is 1.62. The third kappa shape index (κ3) is 2.50. The molecule has 1 aliphatic rings. The molecule has 102 valence electrons. The Hall–Kier alpha value is -1.40. The lowest BCUT2D eigenvalue weighted by Crippen LogP contribution is -2.30. The summed E-state index contributed by atoms with van der Waals surface area (Å²) in [5.41, 5.74) is -0.0202. The second-order valence-electron chi connectivity index (χ2n) is 4.77. The van der Waals surface area contributed by atoms with Gasteiger partial charge in [-0.1, -0.05) is 6.92 Å². The number of aromatic amines is 1. The van der Waals surface area contributed by atoms with Crippen molar-refractivity contribution in [1.82, 2.24) is 15.3 Å². The number of nitrogens with one attached hydrogen (secondary N) is 2. The molecule has 3 heterocycles. The van der Waals surface area contributed by atoms with Crippen LogP contribution in [0.2, 0.25) is 0 Å². The number of aromatic nitrogens is 2. The quantitative estimate of drug-likeness (QED) is 0.870. The van der Waals surface area contributed by atoms with Crippen LogP contribution in [0.25, 0.3) is 10.2 Å². The van der Waals surface area contributed by atoms with Gasteiger partial charge in [0.15, 0.2) is 0 Å². The van der Waals surface area contributed by atoms with E-state index in [0.29, 0.717) is 5.95 Å². The zero-order valence-corrected chi connectivity index (χ0v) is 11.8. The Morgan fingerprint density at radius 3 is 3.16 bits per heavy atom. The minimum absolute atomic E-state index is 0.0202. The number of anilines is 1. The average Bonchev–Trinajstić information content (AvgIpc) is 2.65. The number of thiophene rings is 1. The molecule has 6 heteroatoms. The number of hydrogen-bond acceptors (Lipinski definition) is 5. The van der Waals surface area contributed by atoms with Crippen LogP contribution >= 0.6 is 11.3 Å². The Morgan fingerprint density at radius 1 is 1.42 bits per heavy atom. The topological polar surface area (TPSA) is 61.0 Å². The molecule has 0 atom stereocenters. The first-order valence-corrected chi connectivity index (χ1v) is 7.58. The molecule has 1 aliphatic heterocycles. The molecule has 0 aliphatic carbocycles. The Morgan fingerprint density at radius 2 is 2.32 bits per heavy atom. The molecule has 0 amide bonds. The predicted octanol–water partition coefficient (Wildman–Crippen LogP) is 1.35. The van der Waals surface area contributed by atoms with Crippen LogP contribution in [0.5, 0.6) is 0 Å². The molecule has 0 spiro atoms. The summed E-state index contributed by atoms with van der Waals surface area (Å²) in [5.74, 6) is 0.714. The molecule has 19 heavy (non-hydrogen) atoms. The van der Waals surface area contributed by atoms with E-state index in [1.165, 1.54) is 4.88 Å². The van der Waals surface area contributed by atoms with Gasteiger partial charge in [-0.3, -0.25) is 9.78 Å². The summed E-state index contributed by atoms with van der Waals surface area (Å²) in [7, 11) is 0. The second kappa shape index (κ2) is 5.30. The summed E-state index contributed by atoms with van der Waals surface area (Å²) in [6.07, 6.45) is 2.02. The van der Waals surface area contributed by atoms with Gasteiger partial charge in [0.2, 0.25) is 5.95 Å². The summed E-state index contributed by atoms with van der Waals surface area (Å²) in [6.45, 7) is 5.89. The van der Waals surface area contributed by atoms with Gasteiger partial charge in [0, 0.05) is 24.5 Å². The number of fused-ring (bicyclic) bond motifs is 1. The maximum Gasteiger partial charge on any atom is 0.261 e. The second-order valence-corrected chi connectivity index (χ2v) is 5.88. The highest BCUT2D eigenvalue weighted by molar-refractivity contribution is 7.18. The van der Waals surface area contributed by atoms with Crippen LogP contribution in [0, 0.1) is 0 Å². The van der Waals surface area contributed by atoms with Crippen LogP contribution in [-0.2, 0) is 6.42 Å². The molecular formula is C13H18N4OS. The van der Waals surface area contributed by atoms with E-state index < -0.39 is 0 Å². The standard InChI is InChI=1S/C13H18N4OS/c1-2-9-8-10-11(18)15-13(16-12(10)19-9)17-6-3-4-14-5-7-17/h8,14H,2-7H2,1H3,(H,15,16,18). The van der Waals surface area contributed by atoms with Gasteiger partial charge in [-0.05, 0) is 25.5 Å². The van der Waals surface area contributed by atoms with Crippen molar-refractivity contribution < 1.29 is 0 Å². The maximum absolute atomic E-state index is 12.1. The van der Waals surface area contributed by atoms with Gasteiger partial charge in [0.1, 0.15) is 4.83 Å². The Balaban J connectivity index is 2.01. The lowest BCUT2D eigenvalue weighted by Gasteiger charge is -2.19. The lowest BCUT2D eigenvalue weighted by molar-refractivity contribution is 0.724. The van der Waals surface area contributed by atoms with Crippen molar-refractivity contribution in [1.29, 1.82) is 0 Å². The van der Waals surface area contributed by atoms with E-state index in [4.69, 9.17) is 0 Å². The summed E-state index contributed by atoms with van der Waals surface area (Å²) in [4.78, 5) is 23.9. The lowest BCUT2D eigenvalue weighted by atomic mass is 10.3. The highest BCUT2D eigenvalue weighted by Gasteiger charge is 2.14. The van der Waals surface area contributed by atoms with E-state index in [2.05, 4.69) is 27.1 Å². The van der Waals surface area contributed by atoms with Crippen molar-refractivity contribution in [3.63, 3.8) is 0 Å². The largest absolute Gasteiger partial charge is 0.341 e. The van der Waals surface area contributed by atoms with E-state index in [1.54, 1.807) is 11.3 Å². The molecule has 0 radical (unpaired) electrons. The minimum Gasteiger partial charge on any atom is -0.341 e. The van der Waals surface area contributed by atoms with E-state index in [1.807, 2.05) is 6.07 Å². The molecular weight excluding hydrogens is 260 g/mol. The first kappa shape index (κ1) is 12.6. The highest BCUT2D eigenvalue weighted by Crippen LogP contribution is 2.23. The number of aryl methyl sites for hydroxylation is 1. The third-order valence-electron chi connectivity index (χ3n) is 3.43. The monoisotopic (exact) mass is 278 g/mol. The molecule has 5 nitrogen and oxygen atoms in total. The van der Waals surface area contributed by atoms with Gasteiger partial charge in [-0.2, -0.15) is 0 Å². The average molecular weight is 278 g/mol. The van der Waals surface area contributed by atoms with Crippen LogP contribution < -0.4 is 15.8 Å². The zero-order chi connectivity index (χ0) is 13.2. The Bertz CT molecular complexity index is 625. The fourth-order valence-electron chi connectivity index (χ4n) is 2.35. The van der Waals surface area contributed by atoms with E-state index in [0.717, 1.165) is 49.2 Å². The minimum atomic E-state index is -0.0202. The fraction of sp³-hybridized carbons (Fsp3) is 0.538. The molecule has 0 bridgehead atoms. The molecule has 0 saturated carbocycles. The van der Waals surface area contributed by atoms with E-state index in [9.17, 15) is 4.79 Å². The van der Waals surface area contributed by atoms with Crippen LogP contribution in [0.1, 0.15) is 18.2 Å². The molecule has 2 aromatic rings. The molecule has 3 rings (SSSR count).